The van der Waals surface area contributed by atoms with Crippen LogP contribution in [0.2, 0.25) is 5.02 Å². The maximum Gasteiger partial charge on any atom is 0.246 e. The van der Waals surface area contributed by atoms with E-state index in [1.807, 2.05) is 29.2 Å². The Labute approximate surface area is 197 Å². The lowest BCUT2D eigenvalue weighted by Crippen LogP contribution is -2.47. The highest BCUT2D eigenvalue weighted by Gasteiger charge is 2.21. The summed E-state index contributed by atoms with van der Waals surface area (Å²) in [6.45, 7) is 3.25. The van der Waals surface area contributed by atoms with Crippen LogP contribution < -0.4 is 9.47 Å². The molecule has 1 aliphatic heterocycles. The van der Waals surface area contributed by atoms with Crippen molar-refractivity contribution in [1.29, 1.82) is 0 Å². The number of hydrogen-bond donors (Lipinski definition) is 0. The first-order valence-electron chi connectivity index (χ1n) is 10.5. The van der Waals surface area contributed by atoms with E-state index in [2.05, 4.69) is 15.0 Å². The second-order valence-electron chi connectivity index (χ2n) is 7.60. The van der Waals surface area contributed by atoms with Gasteiger partial charge in [-0.2, -0.15) is 4.98 Å². The van der Waals surface area contributed by atoms with E-state index in [1.165, 1.54) is 0 Å². The molecule has 9 heteroatoms. The van der Waals surface area contributed by atoms with Crippen LogP contribution in [0.5, 0.6) is 11.5 Å². The number of aromatic nitrogens is 2. The minimum Gasteiger partial charge on any atom is -0.497 e. The second kappa shape index (κ2) is 10.5. The number of ether oxygens (including phenoxy) is 2. The summed E-state index contributed by atoms with van der Waals surface area (Å²) in [6.07, 6.45) is 3.36. The molecule has 2 aromatic carbocycles. The highest BCUT2D eigenvalue weighted by atomic mass is 35.5. The van der Waals surface area contributed by atoms with Crippen molar-refractivity contribution in [3.63, 3.8) is 0 Å². The van der Waals surface area contributed by atoms with Gasteiger partial charge in [0.2, 0.25) is 17.6 Å². The van der Waals surface area contributed by atoms with Gasteiger partial charge in [0, 0.05) is 48.9 Å². The van der Waals surface area contributed by atoms with Crippen LogP contribution in [0.1, 0.15) is 11.5 Å². The van der Waals surface area contributed by atoms with Gasteiger partial charge >= 0.3 is 0 Å². The average Bonchev–Trinajstić information content (AvgIpc) is 3.31. The van der Waals surface area contributed by atoms with E-state index < -0.39 is 0 Å². The predicted octanol–water partition coefficient (Wildman–Crippen LogP) is 3.76. The molecule has 0 atom stereocenters. The first-order chi connectivity index (χ1) is 16.0. The minimum absolute atomic E-state index is 0.0285. The number of amides is 1. The second-order valence-corrected chi connectivity index (χ2v) is 8.04. The summed E-state index contributed by atoms with van der Waals surface area (Å²) in [5.74, 6) is 2.41. The van der Waals surface area contributed by atoms with Crippen molar-refractivity contribution < 1.29 is 18.8 Å². The zero-order valence-electron chi connectivity index (χ0n) is 18.5. The van der Waals surface area contributed by atoms with Crippen molar-refractivity contribution >= 4 is 23.6 Å². The Morgan fingerprint density at radius 3 is 2.36 bits per heavy atom. The van der Waals surface area contributed by atoms with Gasteiger partial charge in [0.25, 0.3) is 0 Å². The molecule has 33 heavy (non-hydrogen) atoms. The lowest BCUT2D eigenvalue weighted by Gasteiger charge is -2.33. The number of piperazine rings is 1. The number of halogens is 1. The first-order valence-corrected chi connectivity index (χ1v) is 10.9. The molecule has 0 bridgehead atoms. The summed E-state index contributed by atoms with van der Waals surface area (Å²) < 4.78 is 16.0. The standard InChI is InChI=1S/C24H25ClN4O4/c1-31-20-13-17(14-21(15-20)32-2)3-8-23(30)29-11-9-28(10-12-29)16-22-26-24(27-33-22)18-4-6-19(25)7-5-18/h3-8,13-15H,9-12,16H2,1-2H3. The van der Waals surface area contributed by atoms with Crippen molar-refractivity contribution in [2.45, 2.75) is 6.54 Å². The van der Waals surface area contributed by atoms with Gasteiger partial charge in [-0.1, -0.05) is 16.8 Å². The largest absolute Gasteiger partial charge is 0.497 e. The number of carbonyl (C=O) groups is 1. The molecule has 1 saturated heterocycles. The Kier molecular flexibility index (Phi) is 7.26. The molecule has 1 aliphatic rings. The van der Waals surface area contributed by atoms with Gasteiger partial charge in [0.05, 0.1) is 20.8 Å². The van der Waals surface area contributed by atoms with Crippen LogP contribution >= 0.6 is 11.6 Å². The van der Waals surface area contributed by atoms with Gasteiger partial charge in [-0.25, -0.2) is 0 Å². The third-order valence-electron chi connectivity index (χ3n) is 5.41. The minimum atomic E-state index is -0.0285. The quantitative estimate of drug-likeness (QED) is 0.488. The summed E-state index contributed by atoms with van der Waals surface area (Å²) >= 11 is 5.93. The van der Waals surface area contributed by atoms with Crippen molar-refractivity contribution in [2.24, 2.45) is 0 Å². The molecular formula is C24H25ClN4O4. The Morgan fingerprint density at radius 2 is 1.73 bits per heavy atom. The van der Waals surface area contributed by atoms with Gasteiger partial charge in [-0.3, -0.25) is 9.69 Å². The molecule has 0 saturated carbocycles. The summed E-state index contributed by atoms with van der Waals surface area (Å²) in [5.41, 5.74) is 1.69. The van der Waals surface area contributed by atoms with Gasteiger partial charge < -0.3 is 18.9 Å². The third-order valence-corrected chi connectivity index (χ3v) is 5.66. The Hall–Kier alpha value is -3.36. The van der Waals surface area contributed by atoms with Crippen LogP contribution in [0.15, 0.2) is 53.1 Å². The topological polar surface area (TPSA) is 80.9 Å². The van der Waals surface area contributed by atoms with E-state index in [0.717, 1.165) is 24.2 Å². The molecule has 3 aromatic rings. The van der Waals surface area contributed by atoms with Gasteiger partial charge in [0.15, 0.2) is 0 Å². The Bertz CT molecular complexity index is 1100. The lowest BCUT2D eigenvalue weighted by molar-refractivity contribution is -0.127. The van der Waals surface area contributed by atoms with E-state index in [0.29, 0.717) is 47.9 Å². The zero-order chi connectivity index (χ0) is 23.2. The van der Waals surface area contributed by atoms with Gasteiger partial charge in [-0.15, -0.1) is 0 Å². The number of methoxy groups -OCH3 is 2. The Morgan fingerprint density at radius 1 is 1.06 bits per heavy atom. The molecule has 0 spiro atoms. The summed E-state index contributed by atoms with van der Waals surface area (Å²) in [6, 6.07) is 12.8. The summed E-state index contributed by atoms with van der Waals surface area (Å²) in [7, 11) is 3.19. The van der Waals surface area contributed by atoms with Crippen molar-refractivity contribution in [3.05, 3.63) is 65.0 Å². The molecule has 0 aliphatic carbocycles. The van der Waals surface area contributed by atoms with E-state index in [9.17, 15) is 4.79 Å². The lowest BCUT2D eigenvalue weighted by atomic mass is 10.2. The highest BCUT2D eigenvalue weighted by molar-refractivity contribution is 6.30. The molecular weight excluding hydrogens is 444 g/mol. The van der Waals surface area contributed by atoms with Crippen LogP contribution in [-0.2, 0) is 11.3 Å². The van der Waals surface area contributed by atoms with Crippen molar-refractivity contribution in [2.75, 3.05) is 40.4 Å². The van der Waals surface area contributed by atoms with E-state index >= 15 is 0 Å². The molecule has 0 N–H and O–H groups in total. The predicted molar refractivity (Wildman–Crippen MR) is 125 cm³/mol. The molecule has 2 heterocycles. The fourth-order valence-electron chi connectivity index (χ4n) is 3.55. The van der Waals surface area contributed by atoms with Crippen LogP contribution in [-0.4, -0.2) is 66.2 Å². The number of nitrogens with zero attached hydrogens (tertiary/aromatic N) is 4. The molecule has 8 nitrogen and oxygen atoms in total. The molecule has 172 valence electrons. The van der Waals surface area contributed by atoms with Crippen molar-refractivity contribution in [1.82, 2.24) is 19.9 Å². The normalized spacial score (nSPS) is 14.6. The SMILES string of the molecule is COc1cc(C=CC(=O)N2CCN(Cc3nc(-c4ccc(Cl)cc4)no3)CC2)cc(OC)c1. The number of benzene rings is 2. The molecule has 0 radical (unpaired) electrons. The van der Waals surface area contributed by atoms with Crippen LogP contribution in [0, 0.1) is 0 Å². The first kappa shape index (κ1) is 22.8. The maximum absolute atomic E-state index is 12.6. The highest BCUT2D eigenvalue weighted by Crippen LogP contribution is 2.23. The van der Waals surface area contributed by atoms with E-state index in [4.69, 9.17) is 25.6 Å². The van der Waals surface area contributed by atoms with Crippen LogP contribution in [0.3, 0.4) is 0 Å². The summed E-state index contributed by atoms with van der Waals surface area (Å²) in [4.78, 5) is 21.1. The number of carbonyl (C=O) groups excluding carboxylic acids is 1. The molecule has 1 amide bonds. The molecule has 4 rings (SSSR count). The fraction of sp³-hybridized carbons (Fsp3) is 0.292. The van der Waals surface area contributed by atoms with E-state index in [-0.39, 0.29) is 5.91 Å². The van der Waals surface area contributed by atoms with Crippen LogP contribution in [0.4, 0.5) is 0 Å². The molecule has 1 aromatic heterocycles. The monoisotopic (exact) mass is 468 g/mol. The third kappa shape index (κ3) is 5.91. The van der Waals surface area contributed by atoms with Gasteiger partial charge in [0.1, 0.15) is 11.5 Å². The molecule has 1 fully saturated rings. The number of rotatable bonds is 7. The van der Waals surface area contributed by atoms with Gasteiger partial charge in [-0.05, 0) is 48.0 Å². The van der Waals surface area contributed by atoms with Crippen molar-refractivity contribution in [3.8, 4) is 22.9 Å². The molecule has 0 unspecified atom stereocenters. The van der Waals surface area contributed by atoms with E-state index in [1.54, 1.807) is 44.6 Å². The van der Waals surface area contributed by atoms with Crippen LogP contribution in [0.25, 0.3) is 17.5 Å². The summed E-state index contributed by atoms with van der Waals surface area (Å²) in [5, 5.41) is 4.72. The number of hydrogen-bond acceptors (Lipinski definition) is 7. The Balaban J connectivity index is 1.29. The average molecular weight is 469 g/mol. The zero-order valence-corrected chi connectivity index (χ0v) is 19.3. The maximum atomic E-state index is 12.6. The smallest absolute Gasteiger partial charge is 0.246 e. The fourth-order valence-corrected chi connectivity index (χ4v) is 3.68.